The lowest BCUT2D eigenvalue weighted by molar-refractivity contribution is 0.460. The van der Waals surface area contributed by atoms with Gasteiger partial charge in [-0.1, -0.05) is 24.3 Å². The molecule has 102 valence electrons. The van der Waals surface area contributed by atoms with Gasteiger partial charge in [0.05, 0.1) is 11.6 Å². The van der Waals surface area contributed by atoms with Crippen LogP contribution in [0, 0.1) is 17.2 Å². The number of nitrogens with zero attached hydrogens (tertiary/aromatic N) is 1. The summed E-state index contributed by atoms with van der Waals surface area (Å²) in [4.78, 5) is 0. The van der Waals surface area contributed by atoms with Gasteiger partial charge in [0.15, 0.2) is 0 Å². The first-order valence-corrected chi connectivity index (χ1v) is 7.08. The number of benzene rings is 2. The molecule has 0 amide bonds. The smallest absolute Gasteiger partial charge is 0.0998 e. The number of nitrogens with two attached hydrogens (primary N) is 1. The van der Waals surface area contributed by atoms with Crippen molar-refractivity contribution in [3.8, 4) is 6.07 Å². The average Bonchev–Trinajstić information content (AvgIpc) is 3.32. The first-order valence-electron chi connectivity index (χ1n) is 7.08. The summed E-state index contributed by atoms with van der Waals surface area (Å²) in [6, 6.07) is 14.2. The fraction of sp³-hybridized carbons (Fsp3) is 0.353. The van der Waals surface area contributed by atoms with Gasteiger partial charge in [-0.2, -0.15) is 5.26 Å². The lowest BCUT2D eigenvalue weighted by atomic mass is 9.94. The number of nitrogens with one attached hydrogen (secondary N) is 1. The summed E-state index contributed by atoms with van der Waals surface area (Å²) in [7, 11) is 0. The van der Waals surface area contributed by atoms with Crippen molar-refractivity contribution in [2.45, 2.75) is 25.3 Å². The number of rotatable bonds is 4. The van der Waals surface area contributed by atoms with Crippen LogP contribution >= 0.6 is 0 Å². The molecule has 1 aliphatic rings. The van der Waals surface area contributed by atoms with E-state index < -0.39 is 0 Å². The molecular weight excluding hydrogens is 246 g/mol. The van der Waals surface area contributed by atoms with Crippen molar-refractivity contribution < 1.29 is 0 Å². The van der Waals surface area contributed by atoms with Crippen LogP contribution in [0.2, 0.25) is 0 Å². The predicted octanol–water partition coefficient (Wildman–Crippen LogP) is 3.25. The Morgan fingerprint density at radius 2 is 1.95 bits per heavy atom. The SMILES string of the molecule is CC(CN)(Nc1ccc(C#N)c2ccccc12)C1CC1. The monoisotopic (exact) mass is 265 g/mol. The van der Waals surface area contributed by atoms with Gasteiger partial charge in [0.2, 0.25) is 0 Å². The van der Waals surface area contributed by atoms with E-state index in [1.165, 1.54) is 12.8 Å². The van der Waals surface area contributed by atoms with E-state index in [0.717, 1.165) is 16.5 Å². The first-order chi connectivity index (χ1) is 9.68. The van der Waals surface area contributed by atoms with Crippen LogP contribution in [0.4, 0.5) is 5.69 Å². The summed E-state index contributed by atoms with van der Waals surface area (Å²) in [5, 5.41) is 14.9. The molecule has 0 spiro atoms. The quantitative estimate of drug-likeness (QED) is 0.892. The topological polar surface area (TPSA) is 61.8 Å². The second-order valence-corrected chi connectivity index (χ2v) is 5.84. The zero-order chi connectivity index (χ0) is 14.2. The Hall–Kier alpha value is -2.05. The van der Waals surface area contributed by atoms with Crippen molar-refractivity contribution in [3.63, 3.8) is 0 Å². The summed E-state index contributed by atoms with van der Waals surface area (Å²) in [6.45, 7) is 2.81. The predicted molar refractivity (Wildman–Crippen MR) is 82.5 cm³/mol. The average molecular weight is 265 g/mol. The summed E-state index contributed by atoms with van der Waals surface area (Å²) in [5.41, 5.74) is 7.71. The Bertz CT molecular complexity index is 682. The van der Waals surface area contributed by atoms with Gasteiger partial charge in [0, 0.05) is 28.5 Å². The van der Waals surface area contributed by atoms with Gasteiger partial charge in [-0.25, -0.2) is 0 Å². The second-order valence-electron chi connectivity index (χ2n) is 5.84. The first kappa shape index (κ1) is 13.0. The maximum absolute atomic E-state index is 9.21. The third kappa shape index (κ3) is 2.13. The van der Waals surface area contributed by atoms with E-state index in [0.29, 0.717) is 18.0 Å². The fourth-order valence-electron chi connectivity index (χ4n) is 2.85. The molecule has 3 nitrogen and oxygen atoms in total. The van der Waals surface area contributed by atoms with Crippen LogP contribution in [0.25, 0.3) is 10.8 Å². The molecule has 1 atom stereocenters. The minimum atomic E-state index is -0.0586. The molecule has 3 heteroatoms. The van der Waals surface area contributed by atoms with Gasteiger partial charge < -0.3 is 11.1 Å². The molecule has 2 aromatic rings. The van der Waals surface area contributed by atoms with Gasteiger partial charge in [-0.05, 0) is 37.8 Å². The number of fused-ring (bicyclic) bond motifs is 1. The zero-order valence-electron chi connectivity index (χ0n) is 11.7. The van der Waals surface area contributed by atoms with Gasteiger partial charge in [-0.15, -0.1) is 0 Å². The molecule has 0 radical (unpaired) electrons. The van der Waals surface area contributed by atoms with E-state index >= 15 is 0 Å². The van der Waals surface area contributed by atoms with E-state index in [2.05, 4.69) is 24.4 Å². The highest BCUT2D eigenvalue weighted by Gasteiger charge is 2.40. The van der Waals surface area contributed by atoms with E-state index in [-0.39, 0.29) is 5.54 Å². The molecule has 2 aromatic carbocycles. The minimum absolute atomic E-state index is 0.0586. The molecule has 3 N–H and O–H groups in total. The Kier molecular flexibility index (Phi) is 3.11. The lowest BCUT2D eigenvalue weighted by Crippen LogP contribution is -2.44. The fourth-order valence-corrected chi connectivity index (χ4v) is 2.85. The van der Waals surface area contributed by atoms with Gasteiger partial charge in [0.25, 0.3) is 0 Å². The summed E-state index contributed by atoms with van der Waals surface area (Å²) >= 11 is 0. The molecule has 20 heavy (non-hydrogen) atoms. The summed E-state index contributed by atoms with van der Waals surface area (Å²) < 4.78 is 0. The van der Waals surface area contributed by atoms with Crippen molar-refractivity contribution in [2.75, 3.05) is 11.9 Å². The van der Waals surface area contributed by atoms with E-state index in [1.807, 2.05) is 30.3 Å². The maximum Gasteiger partial charge on any atom is 0.0998 e. The number of nitriles is 1. The third-order valence-electron chi connectivity index (χ3n) is 4.37. The second kappa shape index (κ2) is 4.81. The molecule has 0 bridgehead atoms. The normalized spacial score (nSPS) is 17.4. The highest BCUT2D eigenvalue weighted by molar-refractivity contribution is 5.97. The summed E-state index contributed by atoms with van der Waals surface area (Å²) in [6.07, 6.45) is 2.49. The molecule has 0 saturated heterocycles. The van der Waals surface area contributed by atoms with Crippen LogP contribution in [-0.2, 0) is 0 Å². The van der Waals surface area contributed by atoms with Gasteiger partial charge >= 0.3 is 0 Å². The Balaban J connectivity index is 2.06. The van der Waals surface area contributed by atoms with Crippen molar-refractivity contribution in [1.29, 1.82) is 5.26 Å². The highest BCUT2D eigenvalue weighted by Crippen LogP contribution is 2.41. The summed E-state index contributed by atoms with van der Waals surface area (Å²) in [5.74, 6) is 0.655. The third-order valence-corrected chi connectivity index (χ3v) is 4.37. The molecule has 3 rings (SSSR count). The van der Waals surface area contributed by atoms with Crippen LogP contribution in [0.3, 0.4) is 0 Å². The van der Waals surface area contributed by atoms with E-state index in [1.54, 1.807) is 0 Å². The van der Waals surface area contributed by atoms with Gasteiger partial charge in [0.1, 0.15) is 0 Å². The number of hydrogen-bond acceptors (Lipinski definition) is 3. The van der Waals surface area contributed by atoms with Crippen LogP contribution in [0.5, 0.6) is 0 Å². The van der Waals surface area contributed by atoms with Crippen LogP contribution < -0.4 is 11.1 Å². The van der Waals surface area contributed by atoms with Crippen molar-refractivity contribution in [3.05, 3.63) is 42.0 Å². The van der Waals surface area contributed by atoms with Crippen molar-refractivity contribution in [2.24, 2.45) is 11.7 Å². The van der Waals surface area contributed by atoms with E-state index in [9.17, 15) is 5.26 Å². The highest BCUT2D eigenvalue weighted by atomic mass is 15.0. The molecule has 1 fully saturated rings. The Morgan fingerprint density at radius 1 is 1.25 bits per heavy atom. The van der Waals surface area contributed by atoms with Crippen LogP contribution in [0.15, 0.2) is 36.4 Å². The minimum Gasteiger partial charge on any atom is -0.378 e. The largest absolute Gasteiger partial charge is 0.378 e. The Morgan fingerprint density at radius 3 is 2.55 bits per heavy atom. The standard InChI is InChI=1S/C17H19N3/c1-17(11-19,13-7-8-13)20-16-9-6-12(10-18)14-4-2-3-5-15(14)16/h2-6,9,13,20H,7-8,11,19H2,1H3. The van der Waals surface area contributed by atoms with Crippen molar-refractivity contribution >= 4 is 16.5 Å². The molecule has 0 aliphatic heterocycles. The van der Waals surface area contributed by atoms with Crippen LogP contribution in [0.1, 0.15) is 25.3 Å². The maximum atomic E-state index is 9.21. The molecule has 0 aromatic heterocycles. The molecular formula is C17H19N3. The van der Waals surface area contributed by atoms with Crippen LogP contribution in [-0.4, -0.2) is 12.1 Å². The Labute approximate surface area is 119 Å². The zero-order valence-corrected chi connectivity index (χ0v) is 11.7. The van der Waals surface area contributed by atoms with Gasteiger partial charge in [-0.3, -0.25) is 0 Å². The number of hydrogen-bond donors (Lipinski definition) is 2. The molecule has 0 heterocycles. The molecule has 1 saturated carbocycles. The van der Waals surface area contributed by atoms with Crippen molar-refractivity contribution in [1.82, 2.24) is 0 Å². The van der Waals surface area contributed by atoms with E-state index in [4.69, 9.17) is 5.73 Å². The lowest BCUT2D eigenvalue weighted by Gasteiger charge is -2.31. The molecule has 1 unspecified atom stereocenters. The molecule has 1 aliphatic carbocycles. The number of anilines is 1.